The second-order valence-electron chi connectivity index (χ2n) is 8.18. The molecule has 2 aromatic carbocycles. The monoisotopic (exact) mass is 449 g/mol. The minimum atomic E-state index is 0.600. The number of rotatable bonds is 10. The zero-order valence-corrected chi connectivity index (χ0v) is 19.5. The number of hydrogen-bond acceptors (Lipinski definition) is 4. The summed E-state index contributed by atoms with van der Waals surface area (Å²) in [7, 11) is 0. The Bertz CT molecular complexity index is 1030. The van der Waals surface area contributed by atoms with Gasteiger partial charge in [-0.25, -0.2) is 4.99 Å². The Morgan fingerprint density at radius 3 is 2.88 bits per heavy atom. The molecule has 1 saturated heterocycles. The molecule has 2 heterocycles. The molecular formula is C26H35N5O2. The molecule has 33 heavy (non-hydrogen) atoms. The molecular weight excluding hydrogens is 414 g/mol. The summed E-state index contributed by atoms with van der Waals surface area (Å²) in [6, 6.07) is 16.6. The Labute approximate surface area is 196 Å². The number of aromatic amines is 1. The van der Waals surface area contributed by atoms with Gasteiger partial charge in [0.25, 0.3) is 0 Å². The van der Waals surface area contributed by atoms with Crippen molar-refractivity contribution in [1.82, 2.24) is 20.5 Å². The van der Waals surface area contributed by atoms with Crippen molar-refractivity contribution in [2.75, 3.05) is 52.5 Å². The Kier molecular flexibility index (Phi) is 8.61. The van der Waals surface area contributed by atoms with E-state index in [2.05, 4.69) is 70.0 Å². The summed E-state index contributed by atoms with van der Waals surface area (Å²) in [4.78, 5) is 10.5. The molecule has 0 unspecified atom stereocenters. The van der Waals surface area contributed by atoms with Gasteiger partial charge >= 0.3 is 0 Å². The van der Waals surface area contributed by atoms with Crippen LogP contribution in [0.3, 0.4) is 0 Å². The van der Waals surface area contributed by atoms with Gasteiger partial charge in [-0.3, -0.25) is 4.90 Å². The van der Waals surface area contributed by atoms with E-state index in [1.54, 1.807) is 0 Å². The van der Waals surface area contributed by atoms with Crippen molar-refractivity contribution in [3.63, 3.8) is 0 Å². The maximum Gasteiger partial charge on any atom is 0.191 e. The first-order valence-corrected chi connectivity index (χ1v) is 11.9. The highest BCUT2D eigenvalue weighted by Gasteiger charge is 2.10. The van der Waals surface area contributed by atoms with Gasteiger partial charge in [0.1, 0.15) is 12.4 Å². The van der Waals surface area contributed by atoms with Crippen LogP contribution >= 0.6 is 0 Å². The third kappa shape index (κ3) is 6.97. The summed E-state index contributed by atoms with van der Waals surface area (Å²) in [5.41, 5.74) is 3.63. The summed E-state index contributed by atoms with van der Waals surface area (Å²) < 4.78 is 11.4. The smallest absolute Gasteiger partial charge is 0.191 e. The van der Waals surface area contributed by atoms with E-state index in [0.717, 1.165) is 69.6 Å². The molecule has 0 spiro atoms. The van der Waals surface area contributed by atoms with Crippen LogP contribution in [0.5, 0.6) is 5.75 Å². The second kappa shape index (κ2) is 12.3. The fourth-order valence-electron chi connectivity index (χ4n) is 4.02. The number of nitrogens with one attached hydrogen (secondary N) is 3. The van der Waals surface area contributed by atoms with Crippen LogP contribution in [-0.2, 0) is 17.7 Å². The predicted molar refractivity (Wildman–Crippen MR) is 134 cm³/mol. The van der Waals surface area contributed by atoms with Crippen LogP contribution in [0.4, 0.5) is 0 Å². The molecule has 1 aliphatic rings. The van der Waals surface area contributed by atoms with Crippen molar-refractivity contribution >= 4 is 16.9 Å². The molecule has 1 aliphatic heterocycles. The summed E-state index contributed by atoms with van der Waals surface area (Å²) >= 11 is 0. The average molecular weight is 450 g/mol. The lowest BCUT2D eigenvalue weighted by molar-refractivity contribution is 0.0322. The molecule has 0 amide bonds. The molecule has 0 bridgehead atoms. The van der Waals surface area contributed by atoms with Crippen LogP contribution in [0, 0.1) is 0 Å². The SMILES string of the molecule is CCNC(=NCc1cccc(OCCN2CCOCC2)c1)NCCc1c[nH]c2ccccc12. The van der Waals surface area contributed by atoms with Gasteiger partial charge in [-0.2, -0.15) is 0 Å². The number of guanidine groups is 1. The van der Waals surface area contributed by atoms with Crippen molar-refractivity contribution in [2.24, 2.45) is 4.99 Å². The molecule has 1 fully saturated rings. The zero-order chi connectivity index (χ0) is 22.7. The lowest BCUT2D eigenvalue weighted by atomic mass is 10.1. The number of morpholine rings is 1. The molecule has 0 radical (unpaired) electrons. The first-order chi connectivity index (χ1) is 16.3. The fourth-order valence-corrected chi connectivity index (χ4v) is 4.02. The highest BCUT2D eigenvalue weighted by atomic mass is 16.5. The van der Waals surface area contributed by atoms with Crippen LogP contribution in [0.2, 0.25) is 0 Å². The largest absolute Gasteiger partial charge is 0.492 e. The molecule has 4 rings (SSSR count). The number of hydrogen-bond donors (Lipinski definition) is 3. The molecule has 1 aromatic heterocycles. The molecule has 0 aliphatic carbocycles. The zero-order valence-electron chi connectivity index (χ0n) is 19.5. The number of nitrogens with zero attached hydrogens (tertiary/aromatic N) is 2. The normalized spacial score (nSPS) is 15.0. The van der Waals surface area contributed by atoms with Gasteiger partial charge < -0.3 is 25.1 Å². The Morgan fingerprint density at radius 1 is 1.12 bits per heavy atom. The van der Waals surface area contributed by atoms with E-state index >= 15 is 0 Å². The summed E-state index contributed by atoms with van der Waals surface area (Å²) in [6.07, 6.45) is 3.03. The molecule has 176 valence electrons. The topological polar surface area (TPSA) is 73.9 Å². The summed E-state index contributed by atoms with van der Waals surface area (Å²) in [6.45, 7) is 9.54. The third-order valence-corrected chi connectivity index (χ3v) is 5.80. The lowest BCUT2D eigenvalue weighted by Gasteiger charge is -2.26. The lowest BCUT2D eigenvalue weighted by Crippen LogP contribution is -2.38. The third-order valence-electron chi connectivity index (χ3n) is 5.80. The van der Waals surface area contributed by atoms with Crippen LogP contribution in [0.25, 0.3) is 10.9 Å². The second-order valence-corrected chi connectivity index (χ2v) is 8.18. The number of para-hydroxylation sites is 1. The Balaban J connectivity index is 1.26. The highest BCUT2D eigenvalue weighted by molar-refractivity contribution is 5.83. The Morgan fingerprint density at radius 2 is 2.00 bits per heavy atom. The number of aliphatic imine (C=N–C) groups is 1. The number of fused-ring (bicyclic) bond motifs is 1. The van der Waals surface area contributed by atoms with Gasteiger partial charge in [-0.05, 0) is 42.7 Å². The van der Waals surface area contributed by atoms with E-state index in [9.17, 15) is 0 Å². The first-order valence-electron chi connectivity index (χ1n) is 11.9. The van der Waals surface area contributed by atoms with Crippen molar-refractivity contribution in [1.29, 1.82) is 0 Å². The number of ether oxygens (including phenoxy) is 2. The van der Waals surface area contributed by atoms with Gasteiger partial charge in [0.05, 0.1) is 19.8 Å². The molecule has 0 saturated carbocycles. The van der Waals surface area contributed by atoms with Crippen molar-refractivity contribution in [2.45, 2.75) is 19.9 Å². The van der Waals surface area contributed by atoms with Crippen LogP contribution < -0.4 is 15.4 Å². The van der Waals surface area contributed by atoms with Crippen LogP contribution in [0.15, 0.2) is 59.7 Å². The van der Waals surface area contributed by atoms with E-state index < -0.39 is 0 Å². The van der Waals surface area contributed by atoms with E-state index in [-0.39, 0.29) is 0 Å². The molecule has 7 heteroatoms. The van der Waals surface area contributed by atoms with Crippen molar-refractivity contribution < 1.29 is 9.47 Å². The number of aromatic nitrogens is 1. The van der Waals surface area contributed by atoms with Crippen LogP contribution in [0.1, 0.15) is 18.1 Å². The summed E-state index contributed by atoms with van der Waals surface area (Å²) in [5, 5.41) is 8.08. The van der Waals surface area contributed by atoms with Crippen molar-refractivity contribution in [3.8, 4) is 5.75 Å². The van der Waals surface area contributed by atoms with E-state index in [4.69, 9.17) is 14.5 Å². The quantitative estimate of drug-likeness (QED) is 0.328. The van der Waals surface area contributed by atoms with Crippen LogP contribution in [-0.4, -0.2) is 68.4 Å². The van der Waals surface area contributed by atoms with Gasteiger partial charge in [0, 0.05) is 49.8 Å². The van der Waals surface area contributed by atoms with Gasteiger partial charge in [-0.1, -0.05) is 30.3 Å². The van der Waals surface area contributed by atoms with Crippen molar-refractivity contribution in [3.05, 3.63) is 65.9 Å². The Hall–Kier alpha value is -3.03. The minimum Gasteiger partial charge on any atom is -0.492 e. The van der Waals surface area contributed by atoms with E-state index in [1.807, 2.05) is 12.1 Å². The van der Waals surface area contributed by atoms with Gasteiger partial charge in [-0.15, -0.1) is 0 Å². The molecule has 3 aromatic rings. The van der Waals surface area contributed by atoms with E-state index in [1.165, 1.54) is 16.5 Å². The highest BCUT2D eigenvalue weighted by Crippen LogP contribution is 2.18. The maximum absolute atomic E-state index is 5.98. The molecule has 3 N–H and O–H groups in total. The fraction of sp³-hybridized carbons (Fsp3) is 0.423. The minimum absolute atomic E-state index is 0.600. The van der Waals surface area contributed by atoms with Gasteiger partial charge in [0.15, 0.2) is 5.96 Å². The maximum atomic E-state index is 5.98. The first kappa shape index (κ1) is 23.1. The number of H-pyrrole nitrogens is 1. The molecule has 0 atom stereocenters. The predicted octanol–water partition coefficient (Wildman–Crippen LogP) is 3.18. The van der Waals surface area contributed by atoms with Gasteiger partial charge in [0.2, 0.25) is 0 Å². The average Bonchev–Trinajstić information content (AvgIpc) is 3.27. The van der Waals surface area contributed by atoms with E-state index in [0.29, 0.717) is 13.2 Å². The summed E-state index contributed by atoms with van der Waals surface area (Å²) in [5.74, 6) is 1.73. The standard InChI is InChI=1S/C26H35N5O2/c1-2-27-26(28-11-10-22-20-29-25-9-4-3-8-24(22)25)30-19-21-6-5-7-23(18-21)33-17-14-31-12-15-32-16-13-31/h3-9,18,20,29H,2,10-17,19H2,1H3,(H2,27,28,30). The number of benzene rings is 2. The molecule has 7 nitrogen and oxygen atoms in total.